The highest BCUT2D eigenvalue weighted by atomic mass is 32.2. The summed E-state index contributed by atoms with van der Waals surface area (Å²) in [5.41, 5.74) is 4.86. The molecule has 1 aromatic heterocycles. The van der Waals surface area contributed by atoms with Gasteiger partial charge in [-0.05, 0) is 48.1 Å². The Morgan fingerprint density at radius 1 is 1.09 bits per heavy atom. The van der Waals surface area contributed by atoms with E-state index in [1.807, 2.05) is 24.3 Å². The minimum atomic E-state index is -3.23. The van der Waals surface area contributed by atoms with Gasteiger partial charge in [0.25, 0.3) is 0 Å². The van der Waals surface area contributed by atoms with Crippen molar-refractivity contribution in [3.05, 3.63) is 53.2 Å². The zero-order valence-electron chi connectivity index (χ0n) is 18.0. The molecular formula is C24H23N3O4S. The van der Waals surface area contributed by atoms with E-state index >= 15 is 0 Å². The number of benzene rings is 2. The SMILES string of the molecule is COc1cc2ncc(C#N)c(-c3ccc4c(c3)CN(S(=O)(=O)C3CC3)CC4)c2cc1OC. The maximum absolute atomic E-state index is 12.8. The molecule has 1 aliphatic carbocycles. The summed E-state index contributed by atoms with van der Waals surface area (Å²) in [6.07, 6.45) is 3.76. The predicted octanol–water partition coefficient (Wildman–Crippen LogP) is 3.64. The molecule has 0 saturated heterocycles. The monoisotopic (exact) mass is 449 g/mol. The first-order valence-electron chi connectivity index (χ1n) is 10.5. The molecule has 1 saturated carbocycles. The number of nitrogens with zero attached hydrogens (tertiary/aromatic N) is 3. The number of hydrogen-bond acceptors (Lipinski definition) is 6. The van der Waals surface area contributed by atoms with Crippen LogP contribution in [0.3, 0.4) is 0 Å². The minimum absolute atomic E-state index is 0.219. The standard InChI is InChI=1S/C24H23N3O4S/c1-30-22-10-20-21(11-23(22)31-2)26-13-18(12-25)24(20)16-4-3-15-7-8-27(14-17(15)9-16)32(28,29)19-5-6-19/h3-4,9-11,13,19H,5-8,14H2,1-2H3. The lowest BCUT2D eigenvalue weighted by Crippen LogP contribution is -2.38. The van der Waals surface area contributed by atoms with Crippen molar-refractivity contribution in [1.29, 1.82) is 5.26 Å². The fraction of sp³-hybridized carbons (Fsp3) is 0.333. The summed E-state index contributed by atoms with van der Waals surface area (Å²) >= 11 is 0. The van der Waals surface area contributed by atoms with Crippen LogP contribution in [0.25, 0.3) is 22.0 Å². The quantitative estimate of drug-likeness (QED) is 0.590. The van der Waals surface area contributed by atoms with Crippen LogP contribution in [0.4, 0.5) is 0 Å². The van der Waals surface area contributed by atoms with E-state index in [2.05, 4.69) is 11.1 Å². The van der Waals surface area contributed by atoms with Gasteiger partial charge in [0.05, 0.1) is 30.5 Å². The van der Waals surface area contributed by atoms with E-state index in [9.17, 15) is 13.7 Å². The summed E-state index contributed by atoms with van der Waals surface area (Å²) in [6, 6.07) is 11.9. The molecule has 0 N–H and O–H groups in total. The number of hydrogen-bond donors (Lipinski definition) is 0. The lowest BCUT2D eigenvalue weighted by molar-refractivity contribution is 0.356. The van der Waals surface area contributed by atoms with Crippen LogP contribution in [0.15, 0.2) is 36.5 Å². The van der Waals surface area contributed by atoms with Gasteiger partial charge in [0.1, 0.15) is 6.07 Å². The molecule has 0 amide bonds. The van der Waals surface area contributed by atoms with E-state index in [1.54, 1.807) is 30.8 Å². The lowest BCUT2D eigenvalue weighted by Gasteiger charge is -2.28. The Labute approximate surface area is 187 Å². The average Bonchev–Trinajstić information content (AvgIpc) is 3.67. The molecule has 2 aliphatic rings. The molecule has 0 unspecified atom stereocenters. The molecule has 1 fully saturated rings. The van der Waals surface area contributed by atoms with Gasteiger partial charge in [-0.3, -0.25) is 4.98 Å². The first kappa shape index (κ1) is 20.7. The number of ether oxygens (including phenoxy) is 2. The molecule has 2 aromatic carbocycles. The van der Waals surface area contributed by atoms with Crippen molar-refractivity contribution in [2.75, 3.05) is 20.8 Å². The Kier molecular flexibility index (Phi) is 5.03. The van der Waals surface area contributed by atoms with Crippen molar-refractivity contribution < 1.29 is 17.9 Å². The molecular weight excluding hydrogens is 426 g/mol. The van der Waals surface area contributed by atoms with Gasteiger partial charge in [-0.25, -0.2) is 8.42 Å². The maximum atomic E-state index is 12.8. The van der Waals surface area contributed by atoms with Crippen molar-refractivity contribution in [3.63, 3.8) is 0 Å². The summed E-state index contributed by atoms with van der Waals surface area (Å²) in [4.78, 5) is 4.43. The highest BCUT2D eigenvalue weighted by Gasteiger charge is 2.41. The number of fused-ring (bicyclic) bond motifs is 2. The number of rotatable bonds is 5. The van der Waals surface area contributed by atoms with Crippen molar-refractivity contribution in [1.82, 2.24) is 9.29 Å². The van der Waals surface area contributed by atoms with Crippen molar-refractivity contribution in [2.45, 2.75) is 31.1 Å². The molecule has 0 bridgehead atoms. The van der Waals surface area contributed by atoms with Gasteiger partial charge in [-0.2, -0.15) is 9.57 Å². The van der Waals surface area contributed by atoms with Gasteiger partial charge in [0.2, 0.25) is 10.0 Å². The van der Waals surface area contributed by atoms with Gasteiger partial charge < -0.3 is 9.47 Å². The van der Waals surface area contributed by atoms with Crippen LogP contribution in [0.1, 0.15) is 29.5 Å². The van der Waals surface area contributed by atoms with Crippen LogP contribution >= 0.6 is 0 Å². The highest BCUT2D eigenvalue weighted by molar-refractivity contribution is 7.90. The van der Waals surface area contributed by atoms with E-state index in [4.69, 9.17) is 9.47 Å². The van der Waals surface area contributed by atoms with Crippen LogP contribution in [-0.2, 0) is 23.0 Å². The molecule has 32 heavy (non-hydrogen) atoms. The largest absolute Gasteiger partial charge is 0.493 e. The zero-order valence-corrected chi connectivity index (χ0v) is 18.8. The van der Waals surface area contributed by atoms with E-state index in [-0.39, 0.29) is 5.25 Å². The van der Waals surface area contributed by atoms with Crippen LogP contribution in [-0.4, -0.2) is 43.7 Å². The predicted molar refractivity (Wildman–Crippen MR) is 121 cm³/mol. The smallest absolute Gasteiger partial charge is 0.217 e. The maximum Gasteiger partial charge on any atom is 0.217 e. The molecule has 3 aromatic rings. The molecule has 0 atom stereocenters. The van der Waals surface area contributed by atoms with Crippen LogP contribution in [0.2, 0.25) is 0 Å². The van der Waals surface area contributed by atoms with Gasteiger partial charge in [0.15, 0.2) is 11.5 Å². The number of sulfonamides is 1. The van der Waals surface area contributed by atoms with Gasteiger partial charge in [0, 0.05) is 36.3 Å². The molecule has 1 aliphatic heterocycles. The zero-order chi connectivity index (χ0) is 22.5. The summed E-state index contributed by atoms with van der Waals surface area (Å²) < 4.78 is 38.0. The average molecular weight is 450 g/mol. The van der Waals surface area contributed by atoms with Crippen molar-refractivity contribution >= 4 is 20.9 Å². The van der Waals surface area contributed by atoms with E-state index in [0.717, 1.165) is 40.5 Å². The van der Waals surface area contributed by atoms with E-state index in [0.29, 0.717) is 42.1 Å². The second-order valence-corrected chi connectivity index (χ2v) is 10.4. The van der Waals surface area contributed by atoms with Crippen molar-refractivity contribution in [2.24, 2.45) is 0 Å². The highest BCUT2D eigenvalue weighted by Crippen LogP contribution is 2.39. The van der Waals surface area contributed by atoms with Crippen LogP contribution in [0.5, 0.6) is 11.5 Å². The molecule has 0 spiro atoms. The Balaban J connectivity index is 1.64. The second-order valence-electron chi connectivity index (χ2n) is 8.19. The van der Waals surface area contributed by atoms with Gasteiger partial charge >= 0.3 is 0 Å². The number of aromatic nitrogens is 1. The molecule has 5 rings (SSSR count). The summed E-state index contributed by atoms with van der Waals surface area (Å²) in [6.45, 7) is 0.883. The Bertz CT molecular complexity index is 1370. The van der Waals surface area contributed by atoms with E-state index in [1.165, 1.54) is 0 Å². The van der Waals surface area contributed by atoms with Crippen molar-refractivity contribution in [3.8, 4) is 28.7 Å². The third kappa shape index (κ3) is 3.38. The molecule has 8 heteroatoms. The number of methoxy groups -OCH3 is 2. The normalized spacial score (nSPS) is 16.4. The topological polar surface area (TPSA) is 92.5 Å². The summed E-state index contributed by atoms with van der Waals surface area (Å²) in [5.74, 6) is 1.12. The lowest BCUT2D eigenvalue weighted by atomic mass is 9.92. The summed E-state index contributed by atoms with van der Waals surface area (Å²) in [7, 11) is -0.0959. The first-order chi connectivity index (χ1) is 15.5. The van der Waals surface area contributed by atoms with Crippen LogP contribution in [0, 0.1) is 11.3 Å². The second kappa shape index (κ2) is 7.76. The van der Waals surface area contributed by atoms with Gasteiger partial charge in [-0.1, -0.05) is 12.1 Å². The minimum Gasteiger partial charge on any atom is -0.493 e. The molecule has 7 nitrogen and oxygen atoms in total. The Morgan fingerprint density at radius 2 is 1.84 bits per heavy atom. The fourth-order valence-corrected chi connectivity index (χ4v) is 6.21. The Hall–Kier alpha value is -3.15. The van der Waals surface area contributed by atoms with E-state index < -0.39 is 10.0 Å². The molecule has 164 valence electrons. The number of nitriles is 1. The van der Waals surface area contributed by atoms with Crippen LogP contribution < -0.4 is 9.47 Å². The number of pyridine rings is 1. The molecule has 2 heterocycles. The van der Waals surface area contributed by atoms with Gasteiger partial charge in [-0.15, -0.1) is 0 Å². The fourth-order valence-electron chi connectivity index (χ4n) is 4.40. The third-order valence-electron chi connectivity index (χ3n) is 6.27. The first-order valence-corrected chi connectivity index (χ1v) is 12.0. The summed E-state index contributed by atoms with van der Waals surface area (Å²) in [5, 5.41) is 10.3. The third-order valence-corrected chi connectivity index (χ3v) is 8.62. The molecule has 0 radical (unpaired) electrons. The Morgan fingerprint density at radius 3 is 2.53 bits per heavy atom.